The van der Waals surface area contributed by atoms with Crippen LogP contribution in [-0.2, 0) is 6.18 Å². The molecule has 0 aliphatic carbocycles. The SMILES string of the molecule is O=C(/C=C/N1CCC[C@H]1CN1CCCC1)c1ccc(C(F)(F)F)cc1. The Labute approximate surface area is 146 Å². The highest BCUT2D eigenvalue weighted by Gasteiger charge is 2.30. The molecule has 0 saturated carbocycles. The molecule has 0 unspecified atom stereocenters. The lowest BCUT2D eigenvalue weighted by atomic mass is 10.1. The van der Waals surface area contributed by atoms with Gasteiger partial charge in [-0.3, -0.25) is 4.79 Å². The van der Waals surface area contributed by atoms with Crippen LogP contribution in [0.5, 0.6) is 0 Å². The lowest BCUT2D eigenvalue weighted by Gasteiger charge is -2.27. The molecule has 2 heterocycles. The van der Waals surface area contributed by atoms with Gasteiger partial charge in [-0.1, -0.05) is 12.1 Å². The molecule has 25 heavy (non-hydrogen) atoms. The molecule has 1 aromatic carbocycles. The van der Waals surface area contributed by atoms with Gasteiger partial charge in [-0.15, -0.1) is 0 Å². The van der Waals surface area contributed by atoms with Crippen LogP contribution < -0.4 is 0 Å². The second-order valence-electron chi connectivity index (χ2n) is 6.80. The number of halogens is 3. The molecule has 2 aliphatic heterocycles. The Balaban J connectivity index is 1.59. The largest absolute Gasteiger partial charge is 0.416 e. The van der Waals surface area contributed by atoms with Gasteiger partial charge in [-0.25, -0.2) is 0 Å². The zero-order valence-electron chi connectivity index (χ0n) is 14.1. The summed E-state index contributed by atoms with van der Waals surface area (Å²) in [6.45, 7) is 4.26. The van der Waals surface area contributed by atoms with Gasteiger partial charge in [0, 0.05) is 37.0 Å². The summed E-state index contributed by atoms with van der Waals surface area (Å²) in [5.74, 6) is -0.263. The summed E-state index contributed by atoms with van der Waals surface area (Å²) in [7, 11) is 0. The van der Waals surface area contributed by atoms with E-state index in [9.17, 15) is 18.0 Å². The number of ketones is 1. The minimum Gasteiger partial charge on any atom is -0.373 e. The van der Waals surface area contributed by atoms with E-state index in [4.69, 9.17) is 0 Å². The predicted octanol–water partition coefficient (Wildman–Crippen LogP) is 3.96. The number of carbonyl (C=O) groups is 1. The Bertz CT molecular complexity index is 619. The van der Waals surface area contributed by atoms with Crippen molar-refractivity contribution >= 4 is 5.78 Å². The van der Waals surface area contributed by atoms with E-state index in [2.05, 4.69) is 9.80 Å². The van der Waals surface area contributed by atoms with Crippen LogP contribution in [0.25, 0.3) is 0 Å². The zero-order chi connectivity index (χ0) is 17.9. The van der Waals surface area contributed by atoms with Gasteiger partial charge >= 0.3 is 6.18 Å². The van der Waals surface area contributed by atoms with E-state index in [1.54, 1.807) is 0 Å². The Hall–Kier alpha value is -1.82. The lowest BCUT2D eigenvalue weighted by Crippen LogP contribution is -2.36. The van der Waals surface area contributed by atoms with Crippen molar-refractivity contribution in [3.63, 3.8) is 0 Å². The van der Waals surface area contributed by atoms with Crippen LogP contribution in [0.3, 0.4) is 0 Å². The molecule has 0 N–H and O–H groups in total. The molecule has 2 fully saturated rings. The normalized spacial score (nSPS) is 22.2. The molecule has 0 spiro atoms. The standard InChI is InChI=1S/C19H23F3N2O/c20-19(21,22)16-7-5-15(6-8-16)18(25)9-13-24-12-3-4-17(24)14-23-10-1-2-11-23/h5-9,13,17H,1-4,10-12,14H2/b13-9+/t17-/m0/s1. The Morgan fingerprint density at radius 3 is 2.40 bits per heavy atom. The van der Waals surface area contributed by atoms with Gasteiger partial charge in [0.25, 0.3) is 0 Å². The van der Waals surface area contributed by atoms with Crippen LogP contribution in [0.4, 0.5) is 13.2 Å². The molecular weight excluding hydrogens is 329 g/mol. The maximum Gasteiger partial charge on any atom is 0.416 e. The Morgan fingerprint density at radius 2 is 1.76 bits per heavy atom. The molecule has 1 atom stereocenters. The molecular formula is C19H23F3N2O. The number of nitrogens with zero attached hydrogens (tertiary/aromatic N) is 2. The lowest BCUT2D eigenvalue weighted by molar-refractivity contribution is -0.137. The summed E-state index contributed by atoms with van der Waals surface area (Å²) in [5.41, 5.74) is -0.460. The van der Waals surface area contributed by atoms with E-state index in [-0.39, 0.29) is 11.3 Å². The fraction of sp³-hybridized carbons (Fsp3) is 0.526. The van der Waals surface area contributed by atoms with Crippen LogP contribution in [0.2, 0.25) is 0 Å². The molecule has 2 saturated heterocycles. The highest BCUT2D eigenvalue weighted by atomic mass is 19.4. The number of benzene rings is 1. The first-order valence-corrected chi connectivity index (χ1v) is 8.81. The third kappa shape index (κ3) is 4.63. The van der Waals surface area contributed by atoms with Crippen LogP contribution >= 0.6 is 0 Å². The smallest absolute Gasteiger partial charge is 0.373 e. The first kappa shape index (κ1) is 18.0. The van der Waals surface area contributed by atoms with E-state index in [1.165, 1.54) is 31.1 Å². The molecule has 0 radical (unpaired) electrons. The molecule has 3 rings (SSSR count). The van der Waals surface area contributed by atoms with Crippen molar-refractivity contribution in [3.05, 3.63) is 47.7 Å². The highest BCUT2D eigenvalue weighted by Crippen LogP contribution is 2.29. The van der Waals surface area contributed by atoms with Crippen LogP contribution in [-0.4, -0.2) is 47.8 Å². The van der Waals surface area contributed by atoms with Crippen molar-refractivity contribution in [2.75, 3.05) is 26.2 Å². The van der Waals surface area contributed by atoms with Crippen molar-refractivity contribution in [2.45, 2.75) is 37.9 Å². The maximum absolute atomic E-state index is 12.6. The zero-order valence-corrected chi connectivity index (χ0v) is 14.1. The molecule has 0 bridgehead atoms. The van der Waals surface area contributed by atoms with E-state index >= 15 is 0 Å². The Kier molecular flexibility index (Phi) is 5.47. The summed E-state index contributed by atoms with van der Waals surface area (Å²) in [5, 5.41) is 0. The van der Waals surface area contributed by atoms with Gasteiger partial charge in [0.05, 0.1) is 5.56 Å². The summed E-state index contributed by atoms with van der Waals surface area (Å²) in [6.07, 6.45) is 3.66. The van der Waals surface area contributed by atoms with Crippen molar-refractivity contribution < 1.29 is 18.0 Å². The minimum absolute atomic E-state index is 0.263. The quantitative estimate of drug-likeness (QED) is 0.592. The summed E-state index contributed by atoms with van der Waals surface area (Å²) in [4.78, 5) is 16.9. The van der Waals surface area contributed by atoms with Gasteiger partial charge in [0.2, 0.25) is 0 Å². The molecule has 1 aromatic rings. The second-order valence-corrected chi connectivity index (χ2v) is 6.80. The van der Waals surface area contributed by atoms with Gasteiger partial charge in [-0.2, -0.15) is 13.2 Å². The average molecular weight is 352 g/mol. The topological polar surface area (TPSA) is 23.6 Å². The second kappa shape index (κ2) is 7.60. The van der Waals surface area contributed by atoms with Crippen molar-refractivity contribution in [1.82, 2.24) is 9.80 Å². The number of likely N-dealkylation sites (tertiary alicyclic amines) is 2. The monoisotopic (exact) mass is 352 g/mol. The molecule has 0 amide bonds. The van der Waals surface area contributed by atoms with E-state index in [1.807, 2.05) is 6.20 Å². The number of hydrogen-bond donors (Lipinski definition) is 0. The Morgan fingerprint density at radius 1 is 1.08 bits per heavy atom. The van der Waals surface area contributed by atoms with Gasteiger partial charge in [0.15, 0.2) is 5.78 Å². The summed E-state index contributed by atoms with van der Waals surface area (Å²) in [6, 6.07) is 4.80. The number of carbonyl (C=O) groups excluding carboxylic acids is 1. The first-order valence-electron chi connectivity index (χ1n) is 8.81. The van der Waals surface area contributed by atoms with Crippen LogP contribution in [0.15, 0.2) is 36.5 Å². The average Bonchev–Trinajstić information content (AvgIpc) is 3.24. The first-order chi connectivity index (χ1) is 11.9. The number of alkyl halides is 3. The predicted molar refractivity (Wildman–Crippen MR) is 90.3 cm³/mol. The minimum atomic E-state index is -4.38. The maximum atomic E-state index is 12.6. The molecule has 6 heteroatoms. The summed E-state index contributed by atoms with van der Waals surface area (Å²) < 4.78 is 37.7. The molecule has 136 valence electrons. The number of allylic oxidation sites excluding steroid dienone is 1. The summed E-state index contributed by atoms with van der Waals surface area (Å²) >= 11 is 0. The molecule has 0 aromatic heterocycles. The highest BCUT2D eigenvalue weighted by molar-refractivity contribution is 6.04. The van der Waals surface area contributed by atoms with Gasteiger partial charge < -0.3 is 9.80 Å². The van der Waals surface area contributed by atoms with E-state index < -0.39 is 11.7 Å². The number of hydrogen-bond acceptors (Lipinski definition) is 3. The van der Waals surface area contributed by atoms with Gasteiger partial charge in [-0.05, 0) is 50.9 Å². The fourth-order valence-corrected chi connectivity index (χ4v) is 3.60. The van der Waals surface area contributed by atoms with Crippen molar-refractivity contribution in [1.29, 1.82) is 0 Å². The van der Waals surface area contributed by atoms with Crippen molar-refractivity contribution in [3.8, 4) is 0 Å². The van der Waals surface area contributed by atoms with Crippen molar-refractivity contribution in [2.24, 2.45) is 0 Å². The van der Waals surface area contributed by atoms with Crippen LogP contribution in [0, 0.1) is 0 Å². The third-order valence-electron chi connectivity index (χ3n) is 5.00. The van der Waals surface area contributed by atoms with Gasteiger partial charge in [0.1, 0.15) is 0 Å². The van der Waals surface area contributed by atoms with Crippen LogP contribution in [0.1, 0.15) is 41.6 Å². The third-order valence-corrected chi connectivity index (χ3v) is 5.00. The van der Waals surface area contributed by atoms with E-state index in [0.29, 0.717) is 6.04 Å². The van der Waals surface area contributed by atoms with E-state index in [0.717, 1.165) is 51.2 Å². The fourth-order valence-electron chi connectivity index (χ4n) is 3.60. The number of rotatable bonds is 5. The molecule has 3 nitrogen and oxygen atoms in total. The molecule has 2 aliphatic rings.